The third-order valence-electron chi connectivity index (χ3n) is 3.17. The maximum Gasteiger partial charge on any atom is 0.416 e. The predicted molar refractivity (Wildman–Crippen MR) is 74.3 cm³/mol. The molecule has 2 aromatic rings. The smallest absolute Gasteiger partial charge is 0.330 e. The van der Waals surface area contributed by atoms with E-state index >= 15 is 0 Å². The van der Waals surface area contributed by atoms with Crippen molar-refractivity contribution >= 4 is 0 Å². The molecule has 0 bridgehead atoms. The van der Waals surface area contributed by atoms with Gasteiger partial charge < -0.3 is 5.73 Å². The van der Waals surface area contributed by atoms with Crippen molar-refractivity contribution in [3.05, 3.63) is 59.7 Å². The molecular weight excluding hydrogens is 263 g/mol. The second-order valence-corrected chi connectivity index (χ2v) is 4.63. The Hall–Kier alpha value is -1.81. The minimum absolute atomic E-state index is 0.566. The fourth-order valence-corrected chi connectivity index (χ4v) is 2.18. The lowest BCUT2D eigenvalue weighted by molar-refractivity contribution is -0.137. The molecule has 1 nitrogen and oxygen atoms in total. The van der Waals surface area contributed by atoms with E-state index in [9.17, 15) is 13.2 Å². The van der Waals surface area contributed by atoms with Crippen LogP contribution < -0.4 is 5.73 Å². The van der Waals surface area contributed by atoms with Gasteiger partial charge in [-0.05, 0) is 48.2 Å². The number of halogens is 3. The van der Waals surface area contributed by atoms with Crippen molar-refractivity contribution in [1.29, 1.82) is 0 Å². The second kappa shape index (κ2) is 6.09. The minimum Gasteiger partial charge on any atom is -0.330 e. The van der Waals surface area contributed by atoms with Crippen LogP contribution in [0.2, 0.25) is 0 Å². The van der Waals surface area contributed by atoms with Crippen molar-refractivity contribution in [3.8, 4) is 11.1 Å². The summed E-state index contributed by atoms with van der Waals surface area (Å²) in [6.45, 7) is 0.566. The van der Waals surface area contributed by atoms with Gasteiger partial charge in [-0.15, -0.1) is 0 Å². The Balaban J connectivity index is 2.41. The summed E-state index contributed by atoms with van der Waals surface area (Å²) < 4.78 is 38.3. The zero-order valence-electron chi connectivity index (χ0n) is 11.0. The summed E-state index contributed by atoms with van der Waals surface area (Å²) in [4.78, 5) is 0. The SMILES string of the molecule is NCCCc1ccccc1-c1cccc(C(F)(F)F)c1. The number of alkyl halides is 3. The number of hydrogen-bond donors (Lipinski definition) is 1. The van der Waals surface area contributed by atoms with Crippen molar-refractivity contribution in [3.63, 3.8) is 0 Å². The van der Waals surface area contributed by atoms with Crippen LogP contribution in [0.1, 0.15) is 17.5 Å². The summed E-state index contributed by atoms with van der Waals surface area (Å²) in [6.07, 6.45) is -2.74. The lowest BCUT2D eigenvalue weighted by Crippen LogP contribution is -2.05. The standard InChI is InChI=1S/C16H16F3N/c17-16(18,19)14-8-3-6-13(11-14)15-9-2-1-5-12(15)7-4-10-20/h1-3,5-6,8-9,11H,4,7,10,20H2. The van der Waals surface area contributed by atoms with E-state index in [1.165, 1.54) is 12.1 Å². The Kier molecular flexibility index (Phi) is 4.45. The Bertz CT molecular complexity index is 576. The molecule has 0 saturated heterocycles. The van der Waals surface area contributed by atoms with Gasteiger partial charge in [0.1, 0.15) is 0 Å². The van der Waals surface area contributed by atoms with Crippen LogP contribution in [0, 0.1) is 0 Å². The highest BCUT2D eigenvalue weighted by Crippen LogP contribution is 2.33. The predicted octanol–water partition coefficient (Wildman–Crippen LogP) is 4.26. The van der Waals surface area contributed by atoms with Crippen LogP contribution in [0.15, 0.2) is 48.5 Å². The summed E-state index contributed by atoms with van der Waals surface area (Å²) >= 11 is 0. The van der Waals surface area contributed by atoms with Gasteiger partial charge in [-0.25, -0.2) is 0 Å². The van der Waals surface area contributed by atoms with Gasteiger partial charge in [0.2, 0.25) is 0 Å². The molecule has 0 heterocycles. The summed E-state index contributed by atoms with van der Waals surface area (Å²) in [5.41, 5.74) is 7.33. The van der Waals surface area contributed by atoms with Crippen LogP contribution in [0.5, 0.6) is 0 Å². The van der Waals surface area contributed by atoms with Gasteiger partial charge in [0, 0.05) is 0 Å². The molecule has 0 aromatic heterocycles. The Labute approximate surface area is 116 Å². The van der Waals surface area contributed by atoms with Gasteiger partial charge >= 0.3 is 6.18 Å². The first kappa shape index (κ1) is 14.6. The molecule has 0 spiro atoms. The van der Waals surface area contributed by atoms with Gasteiger partial charge in [0.25, 0.3) is 0 Å². The van der Waals surface area contributed by atoms with Gasteiger partial charge in [-0.2, -0.15) is 13.2 Å². The van der Waals surface area contributed by atoms with Crippen molar-refractivity contribution in [1.82, 2.24) is 0 Å². The lowest BCUT2D eigenvalue weighted by Gasteiger charge is -2.12. The third-order valence-corrected chi connectivity index (χ3v) is 3.17. The Morgan fingerprint density at radius 3 is 2.40 bits per heavy atom. The summed E-state index contributed by atoms with van der Waals surface area (Å²) in [6, 6.07) is 12.9. The zero-order valence-corrected chi connectivity index (χ0v) is 11.0. The fourth-order valence-electron chi connectivity index (χ4n) is 2.18. The van der Waals surface area contributed by atoms with E-state index in [0.717, 1.165) is 30.0 Å². The Morgan fingerprint density at radius 1 is 0.950 bits per heavy atom. The molecule has 0 unspecified atom stereocenters. The summed E-state index contributed by atoms with van der Waals surface area (Å²) in [5.74, 6) is 0. The first-order chi connectivity index (χ1) is 9.52. The first-order valence-corrected chi connectivity index (χ1v) is 6.48. The van der Waals surface area contributed by atoms with Crippen LogP contribution in [0.3, 0.4) is 0 Å². The number of hydrogen-bond acceptors (Lipinski definition) is 1. The molecule has 0 aliphatic heterocycles. The Morgan fingerprint density at radius 2 is 1.70 bits per heavy atom. The molecule has 2 rings (SSSR count). The van der Waals surface area contributed by atoms with E-state index in [-0.39, 0.29) is 0 Å². The third kappa shape index (κ3) is 3.39. The highest BCUT2D eigenvalue weighted by molar-refractivity contribution is 5.68. The topological polar surface area (TPSA) is 26.0 Å². The number of benzene rings is 2. The molecule has 0 saturated carbocycles. The second-order valence-electron chi connectivity index (χ2n) is 4.63. The maximum atomic E-state index is 12.8. The average molecular weight is 279 g/mol. The van der Waals surface area contributed by atoms with E-state index in [4.69, 9.17) is 5.73 Å². The highest BCUT2D eigenvalue weighted by Gasteiger charge is 2.30. The van der Waals surface area contributed by atoms with Crippen LogP contribution in [-0.4, -0.2) is 6.54 Å². The zero-order chi connectivity index (χ0) is 14.6. The number of nitrogens with two attached hydrogens (primary N) is 1. The lowest BCUT2D eigenvalue weighted by atomic mass is 9.95. The highest BCUT2D eigenvalue weighted by atomic mass is 19.4. The molecule has 0 radical (unpaired) electrons. The van der Waals surface area contributed by atoms with Crippen molar-refractivity contribution in [2.24, 2.45) is 5.73 Å². The molecule has 2 N–H and O–H groups in total. The number of aryl methyl sites for hydroxylation is 1. The van der Waals surface area contributed by atoms with Crippen LogP contribution >= 0.6 is 0 Å². The number of rotatable bonds is 4. The molecule has 4 heteroatoms. The van der Waals surface area contributed by atoms with Crippen LogP contribution in [0.25, 0.3) is 11.1 Å². The molecule has 106 valence electrons. The van der Waals surface area contributed by atoms with E-state index < -0.39 is 11.7 Å². The molecule has 0 atom stereocenters. The monoisotopic (exact) mass is 279 g/mol. The fraction of sp³-hybridized carbons (Fsp3) is 0.250. The van der Waals surface area contributed by atoms with Gasteiger partial charge in [0.05, 0.1) is 5.56 Å². The van der Waals surface area contributed by atoms with E-state index in [0.29, 0.717) is 12.1 Å². The van der Waals surface area contributed by atoms with Crippen molar-refractivity contribution in [2.45, 2.75) is 19.0 Å². The largest absolute Gasteiger partial charge is 0.416 e. The van der Waals surface area contributed by atoms with E-state index in [1.807, 2.05) is 24.3 Å². The van der Waals surface area contributed by atoms with Crippen molar-refractivity contribution < 1.29 is 13.2 Å². The summed E-state index contributed by atoms with van der Waals surface area (Å²) in [5, 5.41) is 0. The van der Waals surface area contributed by atoms with Gasteiger partial charge in [-0.1, -0.05) is 36.4 Å². The minimum atomic E-state index is -4.32. The normalized spacial score (nSPS) is 11.6. The van der Waals surface area contributed by atoms with E-state index in [2.05, 4.69) is 0 Å². The molecule has 0 amide bonds. The maximum absolute atomic E-state index is 12.8. The molecule has 2 aromatic carbocycles. The molecule has 0 aliphatic rings. The summed E-state index contributed by atoms with van der Waals surface area (Å²) in [7, 11) is 0. The van der Waals surface area contributed by atoms with E-state index in [1.54, 1.807) is 6.07 Å². The van der Waals surface area contributed by atoms with Crippen LogP contribution in [0.4, 0.5) is 13.2 Å². The van der Waals surface area contributed by atoms with Crippen molar-refractivity contribution in [2.75, 3.05) is 6.54 Å². The first-order valence-electron chi connectivity index (χ1n) is 6.48. The quantitative estimate of drug-likeness (QED) is 0.889. The molecule has 20 heavy (non-hydrogen) atoms. The van der Waals surface area contributed by atoms with Gasteiger partial charge in [-0.3, -0.25) is 0 Å². The average Bonchev–Trinajstić information content (AvgIpc) is 2.45. The van der Waals surface area contributed by atoms with Crippen LogP contribution in [-0.2, 0) is 12.6 Å². The molecule has 0 aliphatic carbocycles. The molecular formula is C16H16F3N. The van der Waals surface area contributed by atoms with Gasteiger partial charge in [0.15, 0.2) is 0 Å². The molecule has 0 fully saturated rings.